The summed E-state index contributed by atoms with van der Waals surface area (Å²) >= 11 is 0. The Morgan fingerprint density at radius 2 is 2.37 bits per heavy atom. The second kappa shape index (κ2) is 5.88. The van der Waals surface area contributed by atoms with Crippen LogP contribution in [0.2, 0.25) is 0 Å². The van der Waals surface area contributed by atoms with Crippen LogP contribution in [-0.4, -0.2) is 42.7 Å². The lowest BCUT2D eigenvalue weighted by molar-refractivity contribution is 0.108. The molecule has 1 aromatic heterocycles. The number of rotatable bonds is 3. The number of fused-ring (bicyclic) bond motifs is 1. The predicted octanol–water partition coefficient (Wildman–Crippen LogP) is 1.66. The van der Waals surface area contributed by atoms with Gasteiger partial charge in [-0.15, -0.1) is 0 Å². The number of ether oxygens (including phenoxy) is 1. The first kappa shape index (κ1) is 12.9. The highest BCUT2D eigenvalue weighted by atomic mass is 16.5. The van der Waals surface area contributed by atoms with Crippen molar-refractivity contribution in [3.63, 3.8) is 0 Å². The summed E-state index contributed by atoms with van der Waals surface area (Å²) < 4.78 is 5.19. The van der Waals surface area contributed by atoms with Crippen molar-refractivity contribution in [2.24, 2.45) is 5.92 Å². The van der Waals surface area contributed by atoms with E-state index < -0.39 is 0 Å². The maximum Gasteiger partial charge on any atom is 0.213 e. The molecule has 2 atom stereocenters. The van der Waals surface area contributed by atoms with Crippen LogP contribution in [0.25, 0.3) is 0 Å². The predicted molar refractivity (Wildman–Crippen MR) is 75.2 cm³/mol. The smallest absolute Gasteiger partial charge is 0.213 e. The van der Waals surface area contributed by atoms with Gasteiger partial charge < -0.3 is 10.1 Å². The molecule has 0 spiro atoms. The van der Waals surface area contributed by atoms with Crippen LogP contribution in [0.15, 0.2) is 18.2 Å². The lowest BCUT2D eigenvalue weighted by atomic mass is 9.85. The number of methoxy groups -OCH3 is 1. The molecule has 1 N–H and O–H groups in total. The van der Waals surface area contributed by atoms with Gasteiger partial charge in [0, 0.05) is 31.7 Å². The standard InChI is InChI=1S/C15H23N3O/c1-19-15-6-2-5-13(17-15)11-18-9-7-14-12(10-18)4-3-8-16-14/h2,5-6,12,14,16H,3-4,7-11H2,1H3. The van der Waals surface area contributed by atoms with Gasteiger partial charge >= 0.3 is 0 Å². The number of pyridine rings is 1. The van der Waals surface area contributed by atoms with E-state index in [1.807, 2.05) is 12.1 Å². The number of nitrogens with zero attached hydrogens (tertiary/aromatic N) is 2. The number of piperidine rings is 2. The summed E-state index contributed by atoms with van der Waals surface area (Å²) in [4.78, 5) is 7.05. The second-order valence-electron chi connectivity index (χ2n) is 5.66. The summed E-state index contributed by atoms with van der Waals surface area (Å²) in [5.41, 5.74) is 1.11. The van der Waals surface area contributed by atoms with Gasteiger partial charge in [-0.3, -0.25) is 4.90 Å². The van der Waals surface area contributed by atoms with Crippen LogP contribution >= 0.6 is 0 Å². The summed E-state index contributed by atoms with van der Waals surface area (Å²) in [6, 6.07) is 6.77. The Hall–Kier alpha value is -1.13. The van der Waals surface area contributed by atoms with Gasteiger partial charge in [-0.25, -0.2) is 4.98 Å². The zero-order chi connectivity index (χ0) is 13.1. The number of likely N-dealkylation sites (tertiary alicyclic amines) is 1. The van der Waals surface area contributed by atoms with Crippen molar-refractivity contribution in [1.29, 1.82) is 0 Å². The van der Waals surface area contributed by atoms with Crippen molar-refractivity contribution in [3.05, 3.63) is 23.9 Å². The average Bonchev–Trinajstić information content (AvgIpc) is 2.47. The summed E-state index contributed by atoms with van der Waals surface area (Å²) in [5.74, 6) is 1.54. The van der Waals surface area contributed by atoms with E-state index in [2.05, 4.69) is 21.3 Å². The van der Waals surface area contributed by atoms with Gasteiger partial charge in [0.15, 0.2) is 0 Å². The Balaban J connectivity index is 1.60. The molecule has 19 heavy (non-hydrogen) atoms. The van der Waals surface area contributed by atoms with E-state index >= 15 is 0 Å². The van der Waals surface area contributed by atoms with Crippen LogP contribution in [-0.2, 0) is 6.54 Å². The molecule has 2 aliphatic rings. The van der Waals surface area contributed by atoms with E-state index in [0.29, 0.717) is 5.88 Å². The lowest BCUT2D eigenvalue weighted by Crippen LogP contribution is -2.51. The van der Waals surface area contributed by atoms with Gasteiger partial charge in [0.05, 0.1) is 12.8 Å². The van der Waals surface area contributed by atoms with E-state index in [1.165, 1.54) is 38.9 Å². The number of aromatic nitrogens is 1. The molecule has 2 unspecified atom stereocenters. The van der Waals surface area contributed by atoms with Crippen molar-refractivity contribution in [3.8, 4) is 5.88 Å². The van der Waals surface area contributed by atoms with Crippen molar-refractivity contribution in [2.75, 3.05) is 26.7 Å². The Bertz CT molecular complexity index is 424. The minimum Gasteiger partial charge on any atom is -0.481 e. The van der Waals surface area contributed by atoms with Crippen LogP contribution < -0.4 is 10.1 Å². The largest absolute Gasteiger partial charge is 0.481 e. The molecule has 3 rings (SSSR count). The zero-order valence-corrected chi connectivity index (χ0v) is 11.6. The van der Waals surface area contributed by atoms with E-state index in [1.54, 1.807) is 7.11 Å². The Labute approximate surface area is 115 Å². The maximum absolute atomic E-state index is 5.19. The SMILES string of the molecule is COc1cccc(CN2CCC3NCCCC3C2)n1. The molecule has 0 aliphatic carbocycles. The fourth-order valence-corrected chi connectivity index (χ4v) is 3.35. The third-order valence-electron chi connectivity index (χ3n) is 4.35. The molecule has 3 heterocycles. The molecule has 2 aliphatic heterocycles. The molecule has 0 bridgehead atoms. The molecule has 0 saturated carbocycles. The fourth-order valence-electron chi connectivity index (χ4n) is 3.35. The Morgan fingerprint density at radius 3 is 3.26 bits per heavy atom. The van der Waals surface area contributed by atoms with Gasteiger partial charge in [-0.2, -0.15) is 0 Å². The molecule has 4 heteroatoms. The number of hydrogen-bond acceptors (Lipinski definition) is 4. The quantitative estimate of drug-likeness (QED) is 0.898. The highest BCUT2D eigenvalue weighted by molar-refractivity contribution is 5.15. The first-order chi connectivity index (χ1) is 9.35. The topological polar surface area (TPSA) is 37.4 Å². The number of nitrogens with one attached hydrogen (secondary N) is 1. The highest BCUT2D eigenvalue weighted by Gasteiger charge is 2.30. The fraction of sp³-hybridized carbons (Fsp3) is 0.667. The van der Waals surface area contributed by atoms with Gasteiger partial charge in [-0.05, 0) is 37.8 Å². The summed E-state index contributed by atoms with van der Waals surface area (Å²) in [5, 5.41) is 3.66. The van der Waals surface area contributed by atoms with Crippen LogP contribution in [0.1, 0.15) is 25.0 Å². The van der Waals surface area contributed by atoms with Crippen LogP contribution in [0, 0.1) is 5.92 Å². The molecule has 2 saturated heterocycles. The third-order valence-corrected chi connectivity index (χ3v) is 4.35. The molecular weight excluding hydrogens is 238 g/mol. The molecule has 104 valence electrons. The molecule has 2 fully saturated rings. The van der Waals surface area contributed by atoms with E-state index in [4.69, 9.17) is 4.74 Å². The summed E-state index contributed by atoms with van der Waals surface area (Å²) in [7, 11) is 1.67. The van der Waals surface area contributed by atoms with Gasteiger partial charge in [0.1, 0.15) is 0 Å². The van der Waals surface area contributed by atoms with Crippen molar-refractivity contribution in [2.45, 2.75) is 31.8 Å². The Morgan fingerprint density at radius 1 is 1.42 bits per heavy atom. The number of hydrogen-bond donors (Lipinski definition) is 1. The molecular formula is C15H23N3O. The van der Waals surface area contributed by atoms with Crippen molar-refractivity contribution >= 4 is 0 Å². The van der Waals surface area contributed by atoms with Gasteiger partial charge in [0.2, 0.25) is 5.88 Å². The Kier molecular flexibility index (Phi) is 3.99. The highest BCUT2D eigenvalue weighted by Crippen LogP contribution is 2.25. The molecule has 0 aromatic carbocycles. The molecule has 0 radical (unpaired) electrons. The van der Waals surface area contributed by atoms with Crippen molar-refractivity contribution < 1.29 is 4.74 Å². The van der Waals surface area contributed by atoms with E-state index in [0.717, 1.165) is 24.2 Å². The first-order valence-electron chi connectivity index (χ1n) is 7.31. The maximum atomic E-state index is 5.19. The minimum absolute atomic E-state index is 0.715. The lowest BCUT2D eigenvalue weighted by Gasteiger charge is -2.41. The molecule has 4 nitrogen and oxygen atoms in total. The zero-order valence-electron chi connectivity index (χ0n) is 11.6. The van der Waals surface area contributed by atoms with Crippen LogP contribution in [0.3, 0.4) is 0 Å². The molecule has 1 aromatic rings. The van der Waals surface area contributed by atoms with Crippen LogP contribution in [0.5, 0.6) is 5.88 Å². The molecule has 0 amide bonds. The van der Waals surface area contributed by atoms with Gasteiger partial charge in [-0.1, -0.05) is 6.07 Å². The summed E-state index contributed by atoms with van der Waals surface area (Å²) in [6.45, 7) is 4.53. The third kappa shape index (κ3) is 3.07. The normalized spacial score (nSPS) is 27.8. The second-order valence-corrected chi connectivity index (χ2v) is 5.66. The minimum atomic E-state index is 0.715. The monoisotopic (exact) mass is 261 g/mol. The summed E-state index contributed by atoms with van der Waals surface area (Å²) in [6.07, 6.45) is 3.97. The van der Waals surface area contributed by atoms with E-state index in [9.17, 15) is 0 Å². The van der Waals surface area contributed by atoms with Crippen molar-refractivity contribution in [1.82, 2.24) is 15.2 Å². The van der Waals surface area contributed by atoms with Crippen LogP contribution in [0.4, 0.5) is 0 Å². The average molecular weight is 261 g/mol. The van der Waals surface area contributed by atoms with Gasteiger partial charge in [0.25, 0.3) is 0 Å². The van der Waals surface area contributed by atoms with E-state index in [-0.39, 0.29) is 0 Å². The first-order valence-corrected chi connectivity index (χ1v) is 7.31.